The minimum absolute atomic E-state index is 0.0519. The normalized spacial score (nSPS) is 12.5. The summed E-state index contributed by atoms with van der Waals surface area (Å²) in [6.07, 6.45) is 2.61. The number of fused-ring (bicyclic) bond motifs is 1. The molecule has 0 fully saturated rings. The average Bonchev–Trinajstić information content (AvgIpc) is 2.90. The predicted octanol–water partition coefficient (Wildman–Crippen LogP) is 4.22. The summed E-state index contributed by atoms with van der Waals surface area (Å²) < 4.78 is 2.14. The van der Waals surface area contributed by atoms with Crippen molar-refractivity contribution in [3.63, 3.8) is 0 Å². The third kappa shape index (κ3) is 3.35. The topological polar surface area (TPSA) is 34.0 Å². The summed E-state index contributed by atoms with van der Waals surface area (Å²) in [6.45, 7) is 3.99. The number of carbonyl (C=O) groups is 1. The Morgan fingerprint density at radius 3 is 2.42 bits per heavy atom. The molecule has 1 amide bonds. The molecule has 2 aromatic carbocycles. The van der Waals surface area contributed by atoms with Crippen molar-refractivity contribution < 1.29 is 4.79 Å². The molecule has 0 saturated heterocycles. The first-order valence-electron chi connectivity index (χ1n) is 8.44. The van der Waals surface area contributed by atoms with Crippen molar-refractivity contribution in [2.45, 2.75) is 32.2 Å². The molecule has 0 bridgehead atoms. The van der Waals surface area contributed by atoms with Crippen LogP contribution in [-0.4, -0.2) is 16.5 Å². The van der Waals surface area contributed by atoms with E-state index in [2.05, 4.69) is 59.5 Å². The largest absolute Gasteiger partial charge is 0.354 e. The quantitative estimate of drug-likeness (QED) is 0.750. The molecule has 1 heterocycles. The highest BCUT2D eigenvalue weighted by Gasteiger charge is 2.22. The molecule has 124 valence electrons. The number of hydrogen-bond donors (Lipinski definition) is 1. The summed E-state index contributed by atoms with van der Waals surface area (Å²) in [7, 11) is 2.06. The van der Waals surface area contributed by atoms with E-state index in [0.717, 1.165) is 0 Å². The average molecular weight is 320 g/mol. The van der Waals surface area contributed by atoms with Crippen molar-refractivity contribution in [3.05, 3.63) is 71.9 Å². The Kier molecular flexibility index (Phi) is 4.70. The van der Waals surface area contributed by atoms with Gasteiger partial charge in [-0.15, -0.1) is 0 Å². The zero-order chi connectivity index (χ0) is 17.1. The first-order valence-corrected chi connectivity index (χ1v) is 8.44. The van der Waals surface area contributed by atoms with Gasteiger partial charge in [0.25, 0.3) is 0 Å². The fourth-order valence-corrected chi connectivity index (χ4v) is 3.31. The summed E-state index contributed by atoms with van der Waals surface area (Å²) in [5.74, 6) is 0.142. The third-order valence-corrected chi connectivity index (χ3v) is 4.34. The fourth-order valence-electron chi connectivity index (χ4n) is 3.31. The van der Waals surface area contributed by atoms with Crippen LogP contribution < -0.4 is 5.32 Å². The molecule has 3 heteroatoms. The first kappa shape index (κ1) is 16.3. The predicted molar refractivity (Wildman–Crippen MR) is 99.1 cm³/mol. The zero-order valence-electron chi connectivity index (χ0n) is 14.5. The molecule has 1 unspecified atom stereocenters. The van der Waals surface area contributed by atoms with Crippen LogP contribution >= 0.6 is 0 Å². The summed E-state index contributed by atoms with van der Waals surface area (Å²) in [5.41, 5.74) is 3.57. The van der Waals surface area contributed by atoms with E-state index in [4.69, 9.17) is 0 Å². The second kappa shape index (κ2) is 6.91. The molecule has 0 aliphatic rings. The summed E-state index contributed by atoms with van der Waals surface area (Å²) in [4.78, 5) is 12.4. The van der Waals surface area contributed by atoms with Crippen molar-refractivity contribution in [2.75, 3.05) is 0 Å². The molecule has 1 N–H and O–H groups in total. The number of hydrogen-bond acceptors (Lipinski definition) is 1. The molecule has 3 rings (SSSR count). The zero-order valence-corrected chi connectivity index (χ0v) is 14.5. The van der Waals surface area contributed by atoms with E-state index in [0.29, 0.717) is 6.42 Å². The molecule has 0 radical (unpaired) electrons. The number of aromatic nitrogens is 1. The third-order valence-electron chi connectivity index (χ3n) is 4.34. The Bertz CT molecular complexity index is 833. The number of benzene rings is 2. The second-order valence-electron chi connectivity index (χ2n) is 6.60. The SMILES string of the molecule is CC(C)NC(=O)CC(c1ccccc1)c1cn(C)c2ccccc12. The minimum Gasteiger partial charge on any atom is -0.354 e. The Hall–Kier alpha value is -2.55. The Balaban J connectivity index is 2.05. The van der Waals surface area contributed by atoms with Crippen LogP contribution in [0.1, 0.15) is 37.3 Å². The van der Waals surface area contributed by atoms with Crippen LogP contribution in [0.25, 0.3) is 10.9 Å². The van der Waals surface area contributed by atoms with E-state index < -0.39 is 0 Å². The maximum absolute atomic E-state index is 12.4. The maximum Gasteiger partial charge on any atom is 0.221 e. The lowest BCUT2D eigenvalue weighted by molar-refractivity contribution is -0.121. The van der Waals surface area contributed by atoms with E-state index >= 15 is 0 Å². The molecule has 0 saturated carbocycles. The molecule has 0 aliphatic heterocycles. The number of nitrogens with zero attached hydrogens (tertiary/aromatic N) is 1. The molecule has 3 nitrogen and oxygen atoms in total. The van der Waals surface area contributed by atoms with Gasteiger partial charge in [-0.25, -0.2) is 0 Å². The smallest absolute Gasteiger partial charge is 0.221 e. The van der Waals surface area contributed by atoms with Gasteiger partial charge in [0.15, 0.2) is 0 Å². The van der Waals surface area contributed by atoms with Gasteiger partial charge in [0, 0.05) is 42.5 Å². The van der Waals surface area contributed by atoms with Crippen LogP contribution in [0.3, 0.4) is 0 Å². The first-order chi connectivity index (χ1) is 11.6. The lowest BCUT2D eigenvalue weighted by Gasteiger charge is -2.18. The highest BCUT2D eigenvalue weighted by atomic mass is 16.1. The Morgan fingerprint density at radius 2 is 1.71 bits per heavy atom. The van der Waals surface area contributed by atoms with Crippen LogP contribution in [0.5, 0.6) is 0 Å². The number of carbonyl (C=O) groups excluding carboxylic acids is 1. The number of nitrogens with one attached hydrogen (secondary N) is 1. The van der Waals surface area contributed by atoms with Gasteiger partial charge >= 0.3 is 0 Å². The molecular weight excluding hydrogens is 296 g/mol. The van der Waals surface area contributed by atoms with Crippen molar-refractivity contribution in [1.82, 2.24) is 9.88 Å². The summed E-state index contributed by atoms with van der Waals surface area (Å²) in [5, 5.41) is 4.24. The summed E-state index contributed by atoms with van der Waals surface area (Å²) >= 11 is 0. The van der Waals surface area contributed by atoms with Crippen molar-refractivity contribution in [1.29, 1.82) is 0 Å². The molecular formula is C21H24N2O. The van der Waals surface area contributed by atoms with E-state index in [9.17, 15) is 4.79 Å². The van der Waals surface area contributed by atoms with Gasteiger partial charge in [-0.1, -0.05) is 48.5 Å². The highest BCUT2D eigenvalue weighted by Crippen LogP contribution is 2.34. The van der Waals surface area contributed by atoms with Crippen LogP contribution in [0, 0.1) is 0 Å². The number of aryl methyl sites for hydroxylation is 1. The van der Waals surface area contributed by atoms with Gasteiger partial charge in [0.05, 0.1) is 0 Å². The summed E-state index contributed by atoms with van der Waals surface area (Å²) in [6, 6.07) is 18.8. The standard InChI is InChI=1S/C21H24N2O/c1-15(2)22-21(24)13-18(16-9-5-4-6-10-16)19-14-23(3)20-12-8-7-11-17(19)20/h4-12,14-15,18H,13H2,1-3H3,(H,22,24). The van der Waals surface area contributed by atoms with Crippen LogP contribution in [0.15, 0.2) is 60.8 Å². The van der Waals surface area contributed by atoms with Gasteiger partial charge < -0.3 is 9.88 Å². The van der Waals surface area contributed by atoms with Gasteiger partial charge in [-0.3, -0.25) is 4.79 Å². The van der Waals surface area contributed by atoms with Crippen molar-refractivity contribution in [3.8, 4) is 0 Å². The molecule has 24 heavy (non-hydrogen) atoms. The molecule has 0 spiro atoms. The van der Waals surface area contributed by atoms with Gasteiger partial charge in [-0.05, 0) is 31.0 Å². The van der Waals surface area contributed by atoms with E-state index in [1.54, 1.807) is 0 Å². The fraction of sp³-hybridized carbons (Fsp3) is 0.286. The van der Waals surface area contributed by atoms with E-state index in [1.807, 2.05) is 32.0 Å². The monoisotopic (exact) mass is 320 g/mol. The molecule has 0 aliphatic carbocycles. The molecule has 3 aromatic rings. The van der Waals surface area contributed by atoms with Gasteiger partial charge in [0.2, 0.25) is 5.91 Å². The number of para-hydroxylation sites is 1. The van der Waals surface area contributed by atoms with Crippen LogP contribution in [0.2, 0.25) is 0 Å². The van der Waals surface area contributed by atoms with Gasteiger partial charge in [0.1, 0.15) is 0 Å². The Morgan fingerprint density at radius 1 is 1.04 bits per heavy atom. The van der Waals surface area contributed by atoms with E-state index in [1.165, 1.54) is 22.0 Å². The maximum atomic E-state index is 12.4. The lowest BCUT2D eigenvalue weighted by atomic mass is 9.88. The number of amides is 1. The highest BCUT2D eigenvalue weighted by molar-refractivity contribution is 5.86. The minimum atomic E-state index is 0.0519. The molecule has 1 aromatic heterocycles. The van der Waals surface area contributed by atoms with Crippen molar-refractivity contribution in [2.24, 2.45) is 7.05 Å². The lowest BCUT2D eigenvalue weighted by Crippen LogP contribution is -2.31. The second-order valence-corrected chi connectivity index (χ2v) is 6.60. The van der Waals surface area contributed by atoms with Crippen LogP contribution in [-0.2, 0) is 11.8 Å². The number of rotatable bonds is 5. The van der Waals surface area contributed by atoms with Crippen molar-refractivity contribution >= 4 is 16.8 Å². The van der Waals surface area contributed by atoms with Gasteiger partial charge in [-0.2, -0.15) is 0 Å². The van der Waals surface area contributed by atoms with Crippen LogP contribution in [0.4, 0.5) is 0 Å². The van der Waals surface area contributed by atoms with E-state index in [-0.39, 0.29) is 17.9 Å². The Labute approximate surface area is 143 Å². The molecule has 1 atom stereocenters.